The van der Waals surface area contributed by atoms with Crippen molar-refractivity contribution in [3.63, 3.8) is 0 Å². The summed E-state index contributed by atoms with van der Waals surface area (Å²) in [6.07, 6.45) is -0.801. The number of hydrogen-bond acceptors (Lipinski definition) is 8. The zero-order chi connectivity index (χ0) is 33.8. The molecule has 47 heavy (non-hydrogen) atoms. The molecule has 2 aromatic carbocycles. The minimum Gasteiger partial charge on any atom is -0.352 e. The van der Waals surface area contributed by atoms with Gasteiger partial charge in [-0.2, -0.15) is 18.2 Å². The van der Waals surface area contributed by atoms with Crippen molar-refractivity contribution in [3.05, 3.63) is 82.0 Å². The number of carbonyl (C=O) groups excluding carboxylic acids is 1. The zero-order valence-corrected chi connectivity index (χ0v) is 26.6. The number of rotatable bonds is 5. The van der Waals surface area contributed by atoms with Crippen molar-refractivity contribution in [3.8, 4) is 11.1 Å². The molecule has 4 heterocycles. The van der Waals surface area contributed by atoms with E-state index in [1.807, 2.05) is 0 Å². The molecule has 16 heteroatoms. The maximum absolute atomic E-state index is 15.4. The fraction of sp³-hybridized carbons (Fsp3) is 0.323. The number of amides is 1. The lowest BCUT2D eigenvalue weighted by Gasteiger charge is -2.44. The average molecular weight is 692 g/mol. The fourth-order valence-electron chi connectivity index (χ4n) is 6.29. The molecule has 0 aliphatic carbocycles. The first-order valence-corrected chi connectivity index (χ1v) is 15.8. The minimum absolute atomic E-state index is 0.0000330. The number of anilines is 2. The average Bonchev–Trinajstić information content (AvgIpc) is 3.20. The van der Waals surface area contributed by atoms with Gasteiger partial charge in [-0.15, -0.1) is 11.8 Å². The molecule has 2 aliphatic heterocycles. The summed E-state index contributed by atoms with van der Waals surface area (Å²) in [6, 6.07) is 2.36. The minimum atomic E-state index is -5.01. The summed E-state index contributed by atoms with van der Waals surface area (Å²) in [4.78, 5) is 42.3. The standard InChI is InChI=1S/C31H27ClF5N7O2S/c1-4-24(45)44-15(2)11-42(12-16(44)3)28-19-8-20(31(35,36)37)25(18-9-21(32)23(34)10-22(18)33)27-26(19)43(30(46)41-28)13-17(14-47-27)40-29-38-6-5-7-39-29/h4-10,15-17H,1,11-14H2,2-3H3,(H,38,39,40)/t15-,16+,17-/m0/s1. The summed E-state index contributed by atoms with van der Waals surface area (Å²) in [6.45, 7) is 7.42. The highest BCUT2D eigenvalue weighted by molar-refractivity contribution is 7.99. The lowest BCUT2D eigenvalue weighted by Crippen LogP contribution is -2.58. The zero-order valence-electron chi connectivity index (χ0n) is 25.0. The Bertz CT molecular complexity index is 1950. The van der Waals surface area contributed by atoms with Crippen molar-refractivity contribution < 1.29 is 26.7 Å². The van der Waals surface area contributed by atoms with Crippen LogP contribution in [-0.4, -0.2) is 67.3 Å². The van der Waals surface area contributed by atoms with Gasteiger partial charge >= 0.3 is 11.9 Å². The molecule has 1 amide bonds. The molecule has 2 aromatic heterocycles. The van der Waals surface area contributed by atoms with Gasteiger partial charge in [-0.05, 0) is 38.1 Å². The van der Waals surface area contributed by atoms with Crippen LogP contribution in [0.25, 0.3) is 22.0 Å². The Hall–Kier alpha value is -4.24. The molecular weight excluding hydrogens is 665 g/mol. The van der Waals surface area contributed by atoms with E-state index in [4.69, 9.17) is 11.6 Å². The molecule has 2 aliphatic rings. The lowest BCUT2D eigenvalue weighted by molar-refractivity contribution is -0.137. The van der Waals surface area contributed by atoms with E-state index in [-0.39, 0.29) is 58.9 Å². The Morgan fingerprint density at radius 2 is 1.77 bits per heavy atom. The molecular formula is C31H27ClF5N7O2S. The molecule has 1 saturated heterocycles. The van der Waals surface area contributed by atoms with Gasteiger partial charge in [0.05, 0.1) is 22.1 Å². The number of halogens is 6. The van der Waals surface area contributed by atoms with Gasteiger partial charge < -0.3 is 15.1 Å². The topological polar surface area (TPSA) is 96.2 Å². The lowest BCUT2D eigenvalue weighted by atomic mass is 9.95. The summed E-state index contributed by atoms with van der Waals surface area (Å²) >= 11 is 6.95. The van der Waals surface area contributed by atoms with Gasteiger partial charge in [0.2, 0.25) is 11.9 Å². The third kappa shape index (κ3) is 6.02. The second-order valence-corrected chi connectivity index (χ2v) is 12.8. The van der Waals surface area contributed by atoms with E-state index in [0.29, 0.717) is 6.07 Å². The van der Waals surface area contributed by atoms with Crippen LogP contribution in [0.2, 0.25) is 5.02 Å². The number of benzene rings is 2. The molecule has 0 bridgehead atoms. The molecule has 246 valence electrons. The van der Waals surface area contributed by atoms with Gasteiger partial charge in [0.15, 0.2) is 0 Å². The molecule has 1 N–H and O–H groups in total. The molecule has 9 nitrogen and oxygen atoms in total. The van der Waals surface area contributed by atoms with Crippen LogP contribution >= 0.6 is 23.4 Å². The van der Waals surface area contributed by atoms with E-state index in [0.717, 1.165) is 23.9 Å². The molecule has 0 unspecified atom stereocenters. The van der Waals surface area contributed by atoms with Crippen molar-refractivity contribution in [2.75, 3.05) is 29.1 Å². The van der Waals surface area contributed by atoms with E-state index < -0.39 is 63.3 Å². The van der Waals surface area contributed by atoms with Crippen molar-refractivity contribution in [1.82, 2.24) is 24.4 Å². The molecule has 1 fully saturated rings. The van der Waals surface area contributed by atoms with Crippen molar-refractivity contribution in [2.45, 2.75) is 49.6 Å². The first-order chi connectivity index (χ1) is 22.3. The number of nitrogens with zero attached hydrogens (tertiary/aromatic N) is 6. The highest BCUT2D eigenvalue weighted by atomic mass is 35.5. The fourth-order valence-corrected chi connectivity index (χ4v) is 7.73. The summed E-state index contributed by atoms with van der Waals surface area (Å²) in [5.41, 5.74) is -2.98. The predicted molar refractivity (Wildman–Crippen MR) is 170 cm³/mol. The van der Waals surface area contributed by atoms with E-state index in [2.05, 4.69) is 26.8 Å². The summed E-state index contributed by atoms with van der Waals surface area (Å²) < 4.78 is 75.9. The third-order valence-corrected chi connectivity index (χ3v) is 9.71. The van der Waals surface area contributed by atoms with Gasteiger partial charge in [0, 0.05) is 77.3 Å². The molecule has 0 spiro atoms. The van der Waals surface area contributed by atoms with Crippen molar-refractivity contribution >= 4 is 51.9 Å². The predicted octanol–water partition coefficient (Wildman–Crippen LogP) is 6.00. The van der Waals surface area contributed by atoms with Gasteiger partial charge in [-0.3, -0.25) is 9.36 Å². The number of aromatic nitrogens is 4. The second-order valence-electron chi connectivity index (χ2n) is 11.4. The Morgan fingerprint density at radius 3 is 2.40 bits per heavy atom. The third-order valence-electron chi connectivity index (χ3n) is 8.16. The summed E-state index contributed by atoms with van der Waals surface area (Å²) in [7, 11) is 0. The summed E-state index contributed by atoms with van der Waals surface area (Å²) in [5, 5.41) is 2.56. The van der Waals surface area contributed by atoms with Crippen molar-refractivity contribution in [2.24, 2.45) is 0 Å². The molecule has 0 saturated carbocycles. The van der Waals surface area contributed by atoms with Crippen LogP contribution in [0.4, 0.5) is 33.7 Å². The van der Waals surface area contributed by atoms with E-state index >= 15 is 17.6 Å². The molecule has 0 radical (unpaired) electrons. The highest BCUT2D eigenvalue weighted by Gasteiger charge is 2.40. The number of hydrogen-bond donors (Lipinski definition) is 1. The Morgan fingerprint density at radius 1 is 1.09 bits per heavy atom. The van der Waals surface area contributed by atoms with Gasteiger partial charge in [-0.1, -0.05) is 18.2 Å². The number of carbonyl (C=O) groups is 1. The van der Waals surface area contributed by atoms with Crippen LogP contribution in [0, 0.1) is 11.6 Å². The monoisotopic (exact) mass is 691 g/mol. The smallest absolute Gasteiger partial charge is 0.352 e. The quantitative estimate of drug-likeness (QED) is 0.155. The SMILES string of the molecule is C=CC(=O)N1[C@H](C)CN(c2nc(=O)n3c4c(c(-c5cc(Cl)c(F)cc5F)c(C(F)(F)F)cc24)SC[C@@H](Nc2ncccn2)C3)C[C@@H]1C. The van der Waals surface area contributed by atoms with Crippen LogP contribution in [0.15, 0.2) is 59.0 Å². The first kappa shape index (κ1) is 32.7. The van der Waals surface area contributed by atoms with Gasteiger partial charge in [-0.25, -0.2) is 23.5 Å². The highest BCUT2D eigenvalue weighted by Crippen LogP contribution is 2.49. The van der Waals surface area contributed by atoms with E-state index in [1.165, 1.54) is 23.0 Å². The first-order valence-electron chi connectivity index (χ1n) is 14.5. The second kappa shape index (κ2) is 12.4. The maximum atomic E-state index is 15.4. The van der Waals surface area contributed by atoms with Crippen LogP contribution in [0.5, 0.6) is 0 Å². The number of thioether (sulfide) groups is 1. The number of nitrogens with one attached hydrogen (secondary N) is 1. The van der Waals surface area contributed by atoms with Crippen LogP contribution < -0.4 is 15.9 Å². The molecule has 4 aromatic rings. The van der Waals surface area contributed by atoms with Crippen LogP contribution in [0.1, 0.15) is 19.4 Å². The van der Waals surface area contributed by atoms with E-state index in [1.54, 1.807) is 29.7 Å². The molecule has 6 rings (SSSR count). The summed E-state index contributed by atoms with van der Waals surface area (Å²) in [5.74, 6) is -2.33. The van der Waals surface area contributed by atoms with Crippen molar-refractivity contribution in [1.29, 1.82) is 0 Å². The normalized spacial score (nSPS) is 19.9. The van der Waals surface area contributed by atoms with E-state index in [9.17, 15) is 14.0 Å². The number of piperazine rings is 1. The molecule has 3 atom stereocenters. The van der Waals surface area contributed by atoms with Gasteiger partial charge in [0.25, 0.3) is 0 Å². The number of alkyl halides is 3. The Balaban J connectivity index is 1.62. The maximum Gasteiger partial charge on any atom is 0.417 e. The largest absolute Gasteiger partial charge is 0.417 e. The Labute approximate surface area is 274 Å². The van der Waals surface area contributed by atoms with Crippen LogP contribution in [0.3, 0.4) is 0 Å². The van der Waals surface area contributed by atoms with Gasteiger partial charge in [0.1, 0.15) is 17.5 Å². The van der Waals surface area contributed by atoms with Crippen LogP contribution in [-0.2, 0) is 17.5 Å². The Kier molecular flexibility index (Phi) is 8.63.